The van der Waals surface area contributed by atoms with Gasteiger partial charge < -0.3 is 5.73 Å². The zero-order valence-electron chi connectivity index (χ0n) is 9.65. The lowest BCUT2D eigenvalue weighted by atomic mass is 10.0. The van der Waals surface area contributed by atoms with Crippen molar-refractivity contribution in [2.24, 2.45) is 5.73 Å². The van der Waals surface area contributed by atoms with Crippen molar-refractivity contribution in [2.75, 3.05) is 6.26 Å². The van der Waals surface area contributed by atoms with Crippen molar-refractivity contribution in [3.8, 4) is 0 Å². The third kappa shape index (κ3) is 4.04. The highest BCUT2D eigenvalue weighted by molar-refractivity contribution is 9.10. The molecular weight excluding hydrogens is 309 g/mol. The Morgan fingerprint density at radius 3 is 2.53 bits per heavy atom. The summed E-state index contributed by atoms with van der Waals surface area (Å²) in [7, 11) is -3.16. The summed E-state index contributed by atoms with van der Waals surface area (Å²) in [5, 5.41) is -0.626. The normalized spacial score (nSPS) is 15.6. The standard InChI is InChI=1S/C11H15BrFNO2S/c1-7(17(2,15)16)11(14)5-8-3-4-9(13)6-10(8)12/h3-4,6-7,11H,5,14H2,1-2H3. The van der Waals surface area contributed by atoms with E-state index in [4.69, 9.17) is 5.73 Å². The Bertz CT molecular complexity index is 504. The summed E-state index contributed by atoms with van der Waals surface area (Å²) in [6.45, 7) is 1.58. The highest BCUT2D eigenvalue weighted by atomic mass is 79.9. The van der Waals surface area contributed by atoms with Gasteiger partial charge in [0.15, 0.2) is 9.84 Å². The van der Waals surface area contributed by atoms with Gasteiger partial charge in [-0.15, -0.1) is 0 Å². The molecule has 2 N–H and O–H groups in total. The summed E-state index contributed by atoms with van der Waals surface area (Å²) in [5.41, 5.74) is 6.65. The highest BCUT2D eigenvalue weighted by Crippen LogP contribution is 2.20. The van der Waals surface area contributed by atoms with Crippen LogP contribution < -0.4 is 5.73 Å². The second-order valence-electron chi connectivity index (χ2n) is 4.14. The summed E-state index contributed by atoms with van der Waals surface area (Å²) < 4.78 is 36.2. The fourth-order valence-electron chi connectivity index (χ4n) is 1.42. The van der Waals surface area contributed by atoms with Crippen LogP contribution in [-0.2, 0) is 16.3 Å². The van der Waals surface area contributed by atoms with Gasteiger partial charge in [0.05, 0.1) is 5.25 Å². The predicted molar refractivity (Wildman–Crippen MR) is 70.1 cm³/mol. The van der Waals surface area contributed by atoms with Crippen LogP contribution in [0.4, 0.5) is 4.39 Å². The number of rotatable bonds is 4. The molecule has 17 heavy (non-hydrogen) atoms. The molecule has 0 saturated carbocycles. The molecule has 0 aromatic heterocycles. The molecule has 0 amide bonds. The van der Waals surface area contributed by atoms with Gasteiger partial charge in [-0.25, -0.2) is 12.8 Å². The number of halogens is 2. The van der Waals surface area contributed by atoms with Gasteiger partial charge in [-0.1, -0.05) is 22.0 Å². The Morgan fingerprint density at radius 1 is 1.47 bits per heavy atom. The van der Waals surface area contributed by atoms with Crippen LogP contribution in [0.2, 0.25) is 0 Å². The van der Waals surface area contributed by atoms with Crippen LogP contribution >= 0.6 is 15.9 Å². The van der Waals surface area contributed by atoms with E-state index in [1.165, 1.54) is 12.1 Å². The first-order valence-electron chi connectivity index (χ1n) is 5.10. The van der Waals surface area contributed by atoms with Crippen molar-refractivity contribution in [1.82, 2.24) is 0 Å². The van der Waals surface area contributed by atoms with Crippen molar-refractivity contribution < 1.29 is 12.8 Å². The minimum atomic E-state index is -3.16. The molecule has 96 valence electrons. The van der Waals surface area contributed by atoms with Gasteiger partial charge in [-0.05, 0) is 31.0 Å². The van der Waals surface area contributed by atoms with Gasteiger partial charge >= 0.3 is 0 Å². The molecule has 0 aliphatic heterocycles. The Balaban J connectivity index is 2.85. The zero-order chi connectivity index (χ0) is 13.2. The summed E-state index contributed by atoms with van der Waals surface area (Å²) in [4.78, 5) is 0. The molecule has 0 spiro atoms. The molecule has 0 saturated heterocycles. The Morgan fingerprint density at radius 2 is 2.06 bits per heavy atom. The molecule has 0 heterocycles. The molecule has 0 aliphatic carbocycles. The van der Waals surface area contributed by atoms with Crippen LogP contribution in [0.15, 0.2) is 22.7 Å². The minimum Gasteiger partial charge on any atom is -0.326 e. The summed E-state index contributed by atoms with van der Waals surface area (Å²) in [6, 6.07) is 3.77. The number of benzene rings is 1. The van der Waals surface area contributed by atoms with E-state index in [1.807, 2.05) is 0 Å². The number of hydrogen-bond donors (Lipinski definition) is 1. The van der Waals surface area contributed by atoms with Gasteiger partial charge in [0.1, 0.15) is 5.82 Å². The lowest BCUT2D eigenvalue weighted by Crippen LogP contribution is -2.39. The molecular formula is C11H15BrFNO2S. The smallest absolute Gasteiger partial charge is 0.151 e. The van der Waals surface area contributed by atoms with Crippen LogP contribution in [0.25, 0.3) is 0 Å². The summed E-state index contributed by atoms with van der Waals surface area (Å²) >= 11 is 3.23. The molecule has 1 aromatic rings. The summed E-state index contributed by atoms with van der Waals surface area (Å²) in [5.74, 6) is -0.342. The molecule has 2 atom stereocenters. The van der Waals surface area contributed by atoms with Crippen LogP contribution in [0.5, 0.6) is 0 Å². The largest absolute Gasteiger partial charge is 0.326 e. The second kappa shape index (κ2) is 5.46. The molecule has 6 heteroatoms. The van der Waals surface area contributed by atoms with Gasteiger partial charge in [-0.3, -0.25) is 0 Å². The van der Waals surface area contributed by atoms with Crippen molar-refractivity contribution >= 4 is 25.8 Å². The van der Waals surface area contributed by atoms with Gasteiger partial charge in [-0.2, -0.15) is 0 Å². The fraction of sp³-hybridized carbons (Fsp3) is 0.455. The van der Waals surface area contributed by atoms with Crippen LogP contribution in [-0.4, -0.2) is 26.0 Å². The SMILES string of the molecule is CC(C(N)Cc1ccc(F)cc1Br)S(C)(=O)=O. The van der Waals surface area contributed by atoms with Crippen LogP contribution in [0, 0.1) is 5.82 Å². The maximum absolute atomic E-state index is 12.9. The average molecular weight is 324 g/mol. The lowest BCUT2D eigenvalue weighted by molar-refractivity contribution is 0.561. The molecule has 1 aromatic carbocycles. The number of nitrogens with two attached hydrogens (primary N) is 1. The van der Waals surface area contributed by atoms with E-state index in [-0.39, 0.29) is 5.82 Å². The third-order valence-electron chi connectivity index (χ3n) is 2.75. The Hall–Kier alpha value is -0.460. The van der Waals surface area contributed by atoms with E-state index >= 15 is 0 Å². The van der Waals surface area contributed by atoms with E-state index in [0.29, 0.717) is 10.9 Å². The predicted octanol–water partition coefficient (Wildman–Crippen LogP) is 1.89. The van der Waals surface area contributed by atoms with Crippen molar-refractivity contribution in [3.05, 3.63) is 34.1 Å². The quantitative estimate of drug-likeness (QED) is 0.920. The summed E-state index contributed by atoms with van der Waals surface area (Å²) in [6.07, 6.45) is 1.55. The molecule has 3 nitrogen and oxygen atoms in total. The van der Waals surface area contributed by atoms with Crippen molar-refractivity contribution in [1.29, 1.82) is 0 Å². The number of sulfone groups is 1. The van der Waals surface area contributed by atoms with Crippen molar-refractivity contribution in [3.63, 3.8) is 0 Å². The van der Waals surface area contributed by atoms with E-state index in [2.05, 4.69) is 15.9 Å². The van der Waals surface area contributed by atoms with Crippen LogP contribution in [0.1, 0.15) is 12.5 Å². The Labute approximate surface area is 109 Å². The lowest BCUT2D eigenvalue weighted by Gasteiger charge is -2.18. The monoisotopic (exact) mass is 323 g/mol. The van der Waals surface area contributed by atoms with E-state index in [9.17, 15) is 12.8 Å². The van der Waals surface area contributed by atoms with E-state index < -0.39 is 21.1 Å². The molecule has 0 bridgehead atoms. The van der Waals surface area contributed by atoms with Crippen molar-refractivity contribution in [2.45, 2.75) is 24.6 Å². The van der Waals surface area contributed by atoms with E-state index in [0.717, 1.165) is 11.8 Å². The first-order valence-corrected chi connectivity index (χ1v) is 7.85. The topological polar surface area (TPSA) is 60.2 Å². The highest BCUT2D eigenvalue weighted by Gasteiger charge is 2.23. The maximum atomic E-state index is 12.9. The second-order valence-corrected chi connectivity index (χ2v) is 7.40. The molecule has 0 fully saturated rings. The Kier molecular flexibility index (Phi) is 4.69. The average Bonchev–Trinajstić information content (AvgIpc) is 2.19. The number of hydrogen-bond acceptors (Lipinski definition) is 3. The molecule has 2 unspecified atom stereocenters. The fourth-order valence-corrected chi connectivity index (χ4v) is 2.67. The third-order valence-corrected chi connectivity index (χ3v) is 5.19. The first-order chi connectivity index (χ1) is 7.71. The minimum absolute atomic E-state index is 0.342. The van der Waals surface area contributed by atoms with E-state index in [1.54, 1.807) is 13.0 Å². The molecule has 1 rings (SSSR count). The first kappa shape index (κ1) is 14.6. The maximum Gasteiger partial charge on any atom is 0.151 e. The molecule has 0 aliphatic rings. The zero-order valence-corrected chi connectivity index (χ0v) is 12.1. The van der Waals surface area contributed by atoms with Gasteiger partial charge in [0.2, 0.25) is 0 Å². The van der Waals surface area contributed by atoms with Gasteiger partial charge in [0.25, 0.3) is 0 Å². The molecule has 0 radical (unpaired) electrons. The van der Waals surface area contributed by atoms with Crippen LogP contribution in [0.3, 0.4) is 0 Å². The van der Waals surface area contributed by atoms with Gasteiger partial charge in [0, 0.05) is 16.8 Å².